The lowest BCUT2D eigenvalue weighted by molar-refractivity contribution is -0.124. The number of halogens is 1. The number of rotatable bonds is 2. The summed E-state index contributed by atoms with van der Waals surface area (Å²) in [5.41, 5.74) is 0. The van der Waals surface area contributed by atoms with Crippen LogP contribution in [0.5, 0.6) is 0 Å². The molecule has 0 aliphatic heterocycles. The van der Waals surface area contributed by atoms with Gasteiger partial charge in [-0.3, -0.25) is 4.79 Å². The SMILES string of the molecule is CC(C)C(=O)NCF. The lowest BCUT2D eigenvalue weighted by atomic mass is 10.2. The van der Waals surface area contributed by atoms with Gasteiger partial charge in [0, 0.05) is 5.92 Å². The molecule has 0 radical (unpaired) electrons. The second kappa shape index (κ2) is 3.41. The van der Waals surface area contributed by atoms with Crippen LogP contribution in [0.1, 0.15) is 13.8 Å². The molecule has 0 aromatic rings. The Bertz CT molecular complexity index is 82.5. The van der Waals surface area contributed by atoms with Gasteiger partial charge in [0.05, 0.1) is 0 Å². The van der Waals surface area contributed by atoms with Crippen molar-refractivity contribution in [1.29, 1.82) is 0 Å². The van der Waals surface area contributed by atoms with Crippen molar-refractivity contribution >= 4 is 5.91 Å². The van der Waals surface area contributed by atoms with Crippen molar-refractivity contribution in [2.75, 3.05) is 6.80 Å². The number of amides is 1. The minimum atomic E-state index is -0.767. The van der Waals surface area contributed by atoms with E-state index in [0.717, 1.165) is 0 Å². The van der Waals surface area contributed by atoms with Crippen LogP contribution in [0, 0.1) is 5.92 Å². The van der Waals surface area contributed by atoms with E-state index in [9.17, 15) is 9.18 Å². The monoisotopic (exact) mass is 119 g/mol. The Kier molecular flexibility index (Phi) is 3.15. The quantitative estimate of drug-likeness (QED) is 0.532. The van der Waals surface area contributed by atoms with Gasteiger partial charge in [-0.1, -0.05) is 13.8 Å². The third kappa shape index (κ3) is 2.55. The van der Waals surface area contributed by atoms with E-state index in [0.29, 0.717) is 0 Å². The largest absolute Gasteiger partial charge is 0.329 e. The molecule has 1 N–H and O–H groups in total. The third-order valence-corrected chi connectivity index (χ3v) is 0.765. The van der Waals surface area contributed by atoms with Crippen molar-refractivity contribution in [3.8, 4) is 0 Å². The van der Waals surface area contributed by atoms with Gasteiger partial charge in [-0.25, -0.2) is 4.39 Å². The molecule has 1 amide bonds. The summed E-state index contributed by atoms with van der Waals surface area (Å²) < 4.78 is 11.3. The Hall–Kier alpha value is -0.600. The molecular formula is C5H10FNO. The molecule has 0 bridgehead atoms. The van der Waals surface area contributed by atoms with Crippen LogP contribution in [-0.4, -0.2) is 12.7 Å². The molecule has 0 aromatic heterocycles. The molecular weight excluding hydrogens is 109 g/mol. The summed E-state index contributed by atoms with van der Waals surface area (Å²) in [5, 5.41) is 2.04. The second-order valence-electron chi connectivity index (χ2n) is 1.83. The zero-order valence-corrected chi connectivity index (χ0v) is 5.07. The fourth-order valence-corrected chi connectivity index (χ4v) is 0.270. The first kappa shape index (κ1) is 7.40. The van der Waals surface area contributed by atoms with Gasteiger partial charge in [0.1, 0.15) is 0 Å². The van der Waals surface area contributed by atoms with Crippen LogP contribution in [0.25, 0.3) is 0 Å². The highest BCUT2D eigenvalue weighted by atomic mass is 19.1. The van der Waals surface area contributed by atoms with E-state index in [-0.39, 0.29) is 11.8 Å². The van der Waals surface area contributed by atoms with Crippen LogP contribution in [0.4, 0.5) is 4.39 Å². The smallest absolute Gasteiger partial charge is 0.224 e. The summed E-state index contributed by atoms with van der Waals surface area (Å²) in [6.07, 6.45) is 0. The predicted octanol–water partition coefficient (Wildman–Crippen LogP) is 0.686. The van der Waals surface area contributed by atoms with E-state index in [1.165, 1.54) is 0 Å². The normalized spacial score (nSPS) is 9.50. The molecule has 3 heteroatoms. The first-order chi connectivity index (χ1) is 3.68. The summed E-state index contributed by atoms with van der Waals surface area (Å²) >= 11 is 0. The Labute approximate surface area is 48.1 Å². The van der Waals surface area contributed by atoms with Crippen LogP contribution >= 0.6 is 0 Å². The molecule has 0 heterocycles. The molecule has 0 spiro atoms. The van der Waals surface area contributed by atoms with Gasteiger partial charge < -0.3 is 5.32 Å². The summed E-state index contributed by atoms with van der Waals surface area (Å²) in [6.45, 7) is 2.66. The summed E-state index contributed by atoms with van der Waals surface area (Å²) in [7, 11) is 0. The van der Waals surface area contributed by atoms with Crippen LogP contribution < -0.4 is 5.32 Å². The zero-order chi connectivity index (χ0) is 6.57. The van der Waals surface area contributed by atoms with Crippen molar-refractivity contribution in [2.24, 2.45) is 5.92 Å². The summed E-state index contributed by atoms with van der Waals surface area (Å²) in [6, 6.07) is 0. The molecule has 0 aromatic carbocycles. The van der Waals surface area contributed by atoms with Crippen molar-refractivity contribution in [1.82, 2.24) is 5.32 Å². The van der Waals surface area contributed by atoms with Gasteiger partial charge in [-0.15, -0.1) is 0 Å². The van der Waals surface area contributed by atoms with Gasteiger partial charge in [0.15, 0.2) is 6.80 Å². The molecule has 0 rings (SSSR count). The predicted molar refractivity (Wildman–Crippen MR) is 29.0 cm³/mol. The topological polar surface area (TPSA) is 29.1 Å². The number of nitrogens with one attached hydrogen (secondary N) is 1. The lowest BCUT2D eigenvalue weighted by Crippen LogP contribution is -2.26. The summed E-state index contributed by atoms with van der Waals surface area (Å²) in [4.78, 5) is 10.4. The van der Waals surface area contributed by atoms with Crippen LogP contribution in [0.3, 0.4) is 0 Å². The highest BCUT2D eigenvalue weighted by molar-refractivity contribution is 5.77. The van der Waals surface area contributed by atoms with E-state index in [1.54, 1.807) is 13.8 Å². The van der Waals surface area contributed by atoms with Crippen molar-refractivity contribution in [2.45, 2.75) is 13.8 Å². The molecule has 0 saturated carbocycles. The number of hydrogen-bond donors (Lipinski definition) is 1. The molecule has 0 aliphatic rings. The van der Waals surface area contributed by atoms with E-state index in [4.69, 9.17) is 0 Å². The Morgan fingerprint density at radius 3 is 2.38 bits per heavy atom. The first-order valence-corrected chi connectivity index (χ1v) is 2.52. The van der Waals surface area contributed by atoms with E-state index in [1.807, 2.05) is 5.32 Å². The molecule has 0 saturated heterocycles. The highest BCUT2D eigenvalue weighted by Gasteiger charge is 2.03. The maximum Gasteiger partial charge on any atom is 0.224 e. The molecule has 48 valence electrons. The molecule has 0 aliphatic carbocycles. The van der Waals surface area contributed by atoms with Crippen molar-refractivity contribution < 1.29 is 9.18 Å². The molecule has 0 fully saturated rings. The molecule has 0 atom stereocenters. The van der Waals surface area contributed by atoms with Crippen molar-refractivity contribution in [3.63, 3.8) is 0 Å². The summed E-state index contributed by atoms with van der Waals surface area (Å²) in [5.74, 6) is -0.363. The number of alkyl halides is 1. The standard InChI is InChI=1S/C5H10FNO/c1-4(2)5(8)7-3-6/h4H,3H2,1-2H3,(H,7,8). The number of carbonyl (C=O) groups excluding carboxylic acids is 1. The number of carbonyl (C=O) groups is 1. The minimum Gasteiger partial charge on any atom is -0.329 e. The number of hydrogen-bond acceptors (Lipinski definition) is 1. The minimum absolute atomic E-state index is 0.120. The van der Waals surface area contributed by atoms with Gasteiger partial charge in [-0.05, 0) is 0 Å². The Morgan fingerprint density at radius 1 is 1.75 bits per heavy atom. The third-order valence-electron chi connectivity index (χ3n) is 0.765. The maximum atomic E-state index is 11.3. The van der Waals surface area contributed by atoms with Crippen LogP contribution in [-0.2, 0) is 4.79 Å². The van der Waals surface area contributed by atoms with Gasteiger partial charge in [0.25, 0.3) is 0 Å². The highest BCUT2D eigenvalue weighted by Crippen LogP contribution is 1.88. The van der Waals surface area contributed by atoms with E-state index < -0.39 is 6.80 Å². The molecule has 2 nitrogen and oxygen atoms in total. The Balaban J connectivity index is 3.33. The van der Waals surface area contributed by atoms with Gasteiger partial charge >= 0.3 is 0 Å². The van der Waals surface area contributed by atoms with Gasteiger partial charge in [-0.2, -0.15) is 0 Å². The first-order valence-electron chi connectivity index (χ1n) is 2.52. The fourth-order valence-electron chi connectivity index (χ4n) is 0.270. The average molecular weight is 119 g/mol. The lowest BCUT2D eigenvalue weighted by Gasteiger charge is -2.00. The van der Waals surface area contributed by atoms with Gasteiger partial charge in [0.2, 0.25) is 5.91 Å². The van der Waals surface area contributed by atoms with Crippen LogP contribution in [0.15, 0.2) is 0 Å². The molecule has 8 heavy (non-hydrogen) atoms. The fraction of sp³-hybridized carbons (Fsp3) is 0.800. The molecule has 0 unspecified atom stereocenters. The second-order valence-corrected chi connectivity index (χ2v) is 1.83. The Morgan fingerprint density at radius 2 is 2.25 bits per heavy atom. The van der Waals surface area contributed by atoms with E-state index in [2.05, 4.69) is 0 Å². The van der Waals surface area contributed by atoms with Crippen molar-refractivity contribution in [3.05, 3.63) is 0 Å². The van der Waals surface area contributed by atoms with E-state index >= 15 is 0 Å². The van der Waals surface area contributed by atoms with Crippen LogP contribution in [0.2, 0.25) is 0 Å². The maximum absolute atomic E-state index is 11.3. The zero-order valence-electron chi connectivity index (χ0n) is 5.07. The average Bonchev–Trinajstić information content (AvgIpc) is 1.67.